The molecule has 0 aliphatic heterocycles. The van der Waals surface area contributed by atoms with Gasteiger partial charge in [0.2, 0.25) is 5.88 Å². The Hall–Kier alpha value is -1.59. The van der Waals surface area contributed by atoms with Crippen LogP contribution in [0.2, 0.25) is 0 Å². The van der Waals surface area contributed by atoms with Crippen molar-refractivity contribution in [3.63, 3.8) is 0 Å². The maximum atomic E-state index is 5.92. The van der Waals surface area contributed by atoms with E-state index in [4.69, 9.17) is 9.47 Å². The number of rotatable bonds is 6. The molecule has 0 spiro atoms. The van der Waals surface area contributed by atoms with Crippen LogP contribution in [0.4, 0.5) is 0 Å². The van der Waals surface area contributed by atoms with Gasteiger partial charge in [0.1, 0.15) is 12.4 Å². The van der Waals surface area contributed by atoms with Crippen molar-refractivity contribution < 1.29 is 9.47 Å². The van der Waals surface area contributed by atoms with E-state index in [9.17, 15) is 0 Å². The molecule has 0 saturated heterocycles. The molecular formula is C16H19BrN2O2. The molecule has 1 aromatic heterocycles. The van der Waals surface area contributed by atoms with Gasteiger partial charge in [-0.25, -0.2) is 4.98 Å². The fraction of sp³-hybridized carbons (Fsp3) is 0.312. The van der Waals surface area contributed by atoms with Crippen LogP contribution in [0.5, 0.6) is 11.6 Å². The fourth-order valence-corrected chi connectivity index (χ4v) is 2.33. The number of nitrogens with one attached hydrogen (secondary N) is 1. The van der Waals surface area contributed by atoms with Crippen LogP contribution in [0, 0.1) is 0 Å². The molecule has 1 heterocycles. The van der Waals surface area contributed by atoms with Crippen LogP contribution in [0.25, 0.3) is 0 Å². The van der Waals surface area contributed by atoms with Gasteiger partial charge in [0.15, 0.2) is 0 Å². The van der Waals surface area contributed by atoms with E-state index in [2.05, 4.69) is 39.2 Å². The Bertz CT molecular complexity index is 605. The van der Waals surface area contributed by atoms with Crippen LogP contribution in [0.3, 0.4) is 0 Å². The van der Waals surface area contributed by atoms with Crippen molar-refractivity contribution in [2.75, 3.05) is 14.2 Å². The Morgan fingerprint density at radius 1 is 1.29 bits per heavy atom. The third-order valence-corrected chi connectivity index (χ3v) is 3.73. The summed E-state index contributed by atoms with van der Waals surface area (Å²) in [4.78, 5) is 4.35. The first-order chi connectivity index (χ1) is 10.1. The lowest BCUT2D eigenvalue weighted by molar-refractivity contribution is 0.292. The van der Waals surface area contributed by atoms with Gasteiger partial charge < -0.3 is 14.8 Å². The molecule has 0 radical (unpaired) electrons. The van der Waals surface area contributed by atoms with Gasteiger partial charge in [-0.15, -0.1) is 0 Å². The monoisotopic (exact) mass is 350 g/mol. The number of pyridine rings is 1. The summed E-state index contributed by atoms with van der Waals surface area (Å²) in [7, 11) is 3.54. The molecule has 0 bridgehead atoms. The van der Waals surface area contributed by atoms with Gasteiger partial charge in [0.25, 0.3) is 0 Å². The third-order valence-electron chi connectivity index (χ3n) is 3.24. The van der Waals surface area contributed by atoms with Crippen LogP contribution in [-0.4, -0.2) is 19.1 Å². The zero-order valence-corrected chi connectivity index (χ0v) is 14.0. The van der Waals surface area contributed by atoms with Gasteiger partial charge in [-0.2, -0.15) is 0 Å². The minimum Gasteiger partial charge on any atom is -0.487 e. The van der Waals surface area contributed by atoms with E-state index in [0.29, 0.717) is 12.5 Å². The average Bonchev–Trinajstić information content (AvgIpc) is 2.53. The van der Waals surface area contributed by atoms with E-state index in [1.807, 2.05) is 37.4 Å². The summed E-state index contributed by atoms with van der Waals surface area (Å²) in [5, 5.41) is 3.23. The van der Waals surface area contributed by atoms with Crippen molar-refractivity contribution in [2.45, 2.75) is 19.6 Å². The second-order valence-electron chi connectivity index (χ2n) is 4.65. The third kappa shape index (κ3) is 4.19. The quantitative estimate of drug-likeness (QED) is 0.862. The lowest BCUT2D eigenvalue weighted by Gasteiger charge is -2.17. The number of benzene rings is 1. The molecule has 0 fully saturated rings. The van der Waals surface area contributed by atoms with Crippen LogP contribution in [0.1, 0.15) is 24.2 Å². The predicted octanol–water partition coefficient (Wildman–Crippen LogP) is 3.71. The molecule has 2 rings (SSSR count). The smallest absolute Gasteiger partial charge is 0.213 e. The summed E-state index contributed by atoms with van der Waals surface area (Å²) < 4.78 is 12.1. The largest absolute Gasteiger partial charge is 0.487 e. The molecule has 112 valence electrons. The van der Waals surface area contributed by atoms with Gasteiger partial charge >= 0.3 is 0 Å². The molecule has 1 unspecified atom stereocenters. The number of ether oxygens (including phenoxy) is 2. The van der Waals surface area contributed by atoms with Crippen molar-refractivity contribution in [1.82, 2.24) is 10.3 Å². The first-order valence-corrected chi connectivity index (χ1v) is 7.52. The molecule has 21 heavy (non-hydrogen) atoms. The van der Waals surface area contributed by atoms with Gasteiger partial charge in [-0.3, -0.25) is 0 Å². The molecule has 0 saturated carbocycles. The maximum absolute atomic E-state index is 5.92. The Kier molecular flexibility index (Phi) is 5.59. The second-order valence-corrected chi connectivity index (χ2v) is 5.57. The summed E-state index contributed by atoms with van der Waals surface area (Å²) >= 11 is 3.50. The molecule has 2 aromatic rings. The molecule has 4 nitrogen and oxygen atoms in total. The molecule has 0 aliphatic rings. The van der Waals surface area contributed by atoms with Crippen LogP contribution in [-0.2, 0) is 6.61 Å². The topological polar surface area (TPSA) is 43.4 Å². The van der Waals surface area contributed by atoms with E-state index >= 15 is 0 Å². The maximum Gasteiger partial charge on any atom is 0.213 e. The van der Waals surface area contributed by atoms with E-state index in [-0.39, 0.29) is 6.04 Å². The molecule has 1 aromatic carbocycles. The lowest BCUT2D eigenvalue weighted by atomic mass is 10.1. The highest BCUT2D eigenvalue weighted by Gasteiger charge is 2.11. The van der Waals surface area contributed by atoms with Crippen molar-refractivity contribution in [3.8, 4) is 11.6 Å². The molecule has 0 aliphatic carbocycles. The highest BCUT2D eigenvalue weighted by molar-refractivity contribution is 9.10. The van der Waals surface area contributed by atoms with Gasteiger partial charge in [0.05, 0.1) is 12.8 Å². The highest BCUT2D eigenvalue weighted by atomic mass is 79.9. The van der Waals surface area contributed by atoms with Crippen LogP contribution < -0.4 is 14.8 Å². The summed E-state index contributed by atoms with van der Waals surface area (Å²) in [6.07, 6.45) is 0. The van der Waals surface area contributed by atoms with E-state index in [1.165, 1.54) is 0 Å². The highest BCUT2D eigenvalue weighted by Crippen LogP contribution is 2.29. The molecule has 1 N–H and O–H groups in total. The Morgan fingerprint density at radius 3 is 2.81 bits per heavy atom. The summed E-state index contributed by atoms with van der Waals surface area (Å²) in [5.41, 5.74) is 1.94. The normalized spacial score (nSPS) is 12.0. The van der Waals surface area contributed by atoms with Crippen molar-refractivity contribution in [1.29, 1.82) is 0 Å². The minimum atomic E-state index is 0.204. The number of hydrogen-bond acceptors (Lipinski definition) is 4. The molecular weight excluding hydrogens is 332 g/mol. The minimum absolute atomic E-state index is 0.204. The SMILES string of the molecule is CNC(C)c1cc(Br)ccc1OCc1cccc(OC)n1. The number of aromatic nitrogens is 1. The number of halogens is 1. The Labute approximate surface area is 133 Å². The Morgan fingerprint density at radius 2 is 2.10 bits per heavy atom. The van der Waals surface area contributed by atoms with E-state index in [1.54, 1.807) is 7.11 Å². The van der Waals surface area contributed by atoms with Gasteiger partial charge in [0, 0.05) is 22.1 Å². The van der Waals surface area contributed by atoms with Crippen molar-refractivity contribution in [2.24, 2.45) is 0 Å². The first-order valence-electron chi connectivity index (χ1n) is 6.73. The fourth-order valence-electron chi connectivity index (χ4n) is 1.95. The predicted molar refractivity (Wildman–Crippen MR) is 86.7 cm³/mol. The lowest BCUT2D eigenvalue weighted by Crippen LogP contribution is -2.14. The summed E-state index contributed by atoms with van der Waals surface area (Å²) in [6, 6.07) is 11.8. The van der Waals surface area contributed by atoms with Crippen LogP contribution in [0.15, 0.2) is 40.9 Å². The zero-order valence-electron chi connectivity index (χ0n) is 12.4. The van der Waals surface area contributed by atoms with Gasteiger partial charge in [-0.05, 0) is 38.2 Å². The molecule has 5 heteroatoms. The summed E-state index contributed by atoms with van der Waals surface area (Å²) in [5.74, 6) is 1.44. The number of methoxy groups -OCH3 is 1. The molecule has 1 atom stereocenters. The average molecular weight is 351 g/mol. The van der Waals surface area contributed by atoms with Crippen LogP contribution >= 0.6 is 15.9 Å². The van der Waals surface area contributed by atoms with Crippen molar-refractivity contribution >= 4 is 15.9 Å². The molecule has 0 amide bonds. The zero-order chi connectivity index (χ0) is 15.2. The number of hydrogen-bond donors (Lipinski definition) is 1. The number of nitrogens with zero attached hydrogens (tertiary/aromatic N) is 1. The van der Waals surface area contributed by atoms with Gasteiger partial charge in [-0.1, -0.05) is 22.0 Å². The standard InChI is InChI=1S/C16H19BrN2O2/c1-11(18-2)14-9-12(17)7-8-15(14)21-10-13-5-4-6-16(19-13)20-3/h4-9,11,18H,10H2,1-3H3. The first kappa shape index (κ1) is 15.8. The van der Waals surface area contributed by atoms with E-state index < -0.39 is 0 Å². The van der Waals surface area contributed by atoms with Crippen molar-refractivity contribution in [3.05, 3.63) is 52.1 Å². The Balaban J connectivity index is 2.15. The second kappa shape index (κ2) is 7.43. The van der Waals surface area contributed by atoms with E-state index in [0.717, 1.165) is 21.5 Å². The summed E-state index contributed by atoms with van der Waals surface area (Å²) in [6.45, 7) is 2.50.